The highest BCUT2D eigenvalue weighted by Gasteiger charge is 2.17. The fourth-order valence-electron chi connectivity index (χ4n) is 2.53. The maximum atomic E-state index is 12.3. The van der Waals surface area contributed by atoms with Gasteiger partial charge in [0, 0.05) is 4.88 Å². The van der Waals surface area contributed by atoms with Gasteiger partial charge in [-0.15, -0.1) is 11.3 Å². The van der Waals surface area contributed by atoms with Gasteiger partial charge in [0.05, 0.1) is 27.9 Å². The Morgan fingerprint density at radius 1 is 1.29 bits per heavy atom. The zero-order chi connectivity index (χ0) is 14.8. The molecule has 106 valence electrons. The molecule has 3 N–H and O–H groups in total. The molecule has 1 aromatic heterocycles. The molecule has 5 heteroatoms. The van der Waals surface area contributed by atoms with Crippen LogP contribution in [-0.4, -0.2) is 5.91 Å². The van der Waals surface area contributed by atoms with Gasteiger partial charge in [-0.25, -0.2) is 0 Å². The number of nitriles is 1. The van der Waals surface area contributed by atoms with E-state index in [4.69, 9.17) is 11.0 Å². The number of aryl methyl sites for hydroxylation is 2. The second-order valence-electron chi connectivity index (χ2n) is 5.13. The molecule has 3 rings (SSSR count). The molecule has 0 radical (unpaired) electrons. The van der Waals surface area contributed by atoms with Gasteiger partial charge >= 0.3 is 0 Å². The summed E-state index contributed by atoms with van der Waals surface area (Å²) in [5.41, 5.74) is 8.60. The van der Waals surface area contributed by atoms with Crippen LogP contribution >= 0.6 is 11.3 Å². The molecule has 2 aromatic rings. The number of nitrogens with one attached hydrogen (secondary N) is 1. The van der Waals surface area contributed by atoms with Crippen LogP contribution in [0.25, 0.3) is 0 Å². The van der Waals surface area contributed by atoms with Gasteiger partial charge in [-0.3, -0.25) is 4.79 Å². The van der Waals surface area contributed by atoms with Crippen molar-refractivity contribution in [1.29, 1.82) is 5.26 Å². The maximum Gasteiger partial charge on any atom is 0.265 e. The highest BCUT2D eigenvalue weighted by molar-refractivity contribution is 7.14. The largest absolute Gasteiger partial charge is 0.397 e. The van der Waals surface area contributed by atoms with Crippen LogP contribution in [0.5, 0.6) is 0 Å². The van der Waals surface area contributed by atoms with Crippen molar-refractivity contribution >= 4 is 28.6 Å². The van der Waals surface area contributed by atoms with Crippen molar-refractivity contribution in [3.8, 4) is 6.07 Å². The average molecular weight is 297 g/mol. The quantitative estimate of drug-likeness (QED) is 0.834. The van der Waals surface area contributed by atoms with Crippen LogP contribution < -0.4 is 11.1 Å². The summed E-state index contributed by atoms with van der Waals surface area (Å²) in [6.07, 6.45) is 4.55. The standard InChI is InChI=1S/C16H15N3OS/c17-9-10-5-6-13(12(18)7-10)19-16(20)15-8-11-3-1-2-4-14(11)21-15/h5-8H,1-4,18H2,(H,19,20). The zero-order valence-electron chi connectivity index (χ0n) is 11.5. The van der Waals surface area contributed by atoms with Gasteiger partial charge in [0.1, 0.15) is 0 Å². The van der Waals surface area contributed by atoms with Crippen LogP contribution in [0.15, 0.2) is 24.3 Å². The van der Waals surface area contributed by atoms with Crippen molar-refractivity contribution in [2.45, 2.75) is 25.7 Å². The predicted molar refractivity (Wildman–Crippen MR) is 84.5 cm³/mol. The van der Waals surface area contributed by atoms with Crippen molar-refractivity contribution in [2.24, 2.45) is 0 Å². The Kier molecular flexibility index (Phi) is 3.63. The Labute approximate surface area is 127 Å². The van der Waals surface area contributed by atoms with Crippen LogP contribution in [0.1, 0.15) is 38.5 Å². The lowest BCUT2D eigenvalue weighted by Gasteiger charge is -2.08. The zero-order valence-corrected chi connectivity index (χ0v) is 12.3. The number of carbonyl (C=O) groups is 1. The summed E-state index contributed by atoms with van der Waals surface area (Å²) >= 11 is 1.57. The first kappa shape index (κ1) is 13.7. The molecule has 0 saturated carbocycles. The number of nitrogen functional groups attached to an aromatic ring is 1. The fraction of sp³-hybridized carbons (Fsp3) is 0.250. The molecule has 4 nitrogen and oxygen atoms in total. The molecule has 1 aliphatic carbocycles. The lowest BCUT2D eigenvalue weighted by molar-refractivity contribution is 0.103. The molecular formula is C16H15N3OS. The van der Waals surface area contributed by atoms with E-state index in [9.17, 15) is 4.79 Å². The first-order valence-electron chi connectivity index (χ1n) is 6.90. The summed E-state index contributed by atoms with van der Waals surface area (Å²) in [4.78, 5) is 14.4. The number of carbonyl (C=O) groups excluding carboxylic acids is 1. The number of fused-ring (bicyclic) bond motifs is 1. The molecule has 1 aliphatic rings. The minimum absolute atomic E-state index is 0.134. The summed E-state index contributed by atoms with van der Waals surface area (Å²) in [6.45, 7) is 0. The molecule has 1 amide bonds. The molecule has 0 aliphatic heterocycles. The van der Waals surface area contributed by atoms with E-state index in [0.29, 0.717) is 16.9 Å². The minimum Gasteiger partial charge on any atom is -0.397 e. The van der Waals surface area contributed by atoms with E-state index in [0.717, 1.165) is 17.7 Å². The van der Waals surface area contributed by atoms with E-state index < -0.39 is 0 Å². The first-order valence-corrected chi connectivity index (χ1v) is 7.71. The number of hydrogen-bond acceptors (Lipinski definition) is 4. The Balaban J connectivity index is 1.80. The van der Waals surface area contributed by atoms with E-state index in [1.165, 1.54) is 23.3 Å². The van der Waals surface area contributed by atoms with Crippen LogP contribution in [0, 0.1) is 11.3 Å². The Hall–Kier alpha value is -2.32. The molecule has 0 fully saturated rings. The molecule has 1 aromatic carbocycles. The van der Waals surface area contributed by atoms with Crippen molar-refractivity contribution in [3.05, 3.63) is 45.1 Å². The molecule has 0 atom stereocenters. The summed E-state index contributed by atoms with van der Waals surface area (Å²) in [5, 5.41) is 11.6. The Morgan fingerprint density at radius 3 is 2.81 bits per heavy atom. The van der Waals surface area contributed by atoms with Gasteiger partial charge < -0.3 is 11.1 Å². The Bertz CT molecular complexity index is 719. The van der Waals surface area contributed by atoms with Crippen molar-refractivity contribution in [2.75, 3.05) is 11.1 Å². The SMILES string of the molecule is N#Cc1ccc(NC(=O)c2cc3c(s2)CCCC3)c(N)c1. The molecule has 0 unspecified atom stereocenters. The van der Waals surface area contributed by atoms with E-state index in [1.807, 2.05) is 12.1 Å². The van der Waals surface area contributed by atoms with Crippen molar-refractivity contribution in [3.63, 3.8) is 0 Å². The van der Waals surface area contributed by atoms with Gasteiger partial charge in [0.15, 0.2) is 0 Å². The molecule has 1 heterocycles. The van der Waals surface area contributed by atoms with E-state index in [2.05, 4.69) is 5.32 Å². The lowest BCUT2D eigenvalue weighted by atomic mass is 9.99. The second kappa shape index (κ2) is 5.58. The highest BCUT2D eigenvalue weighted by Crippen LogP contribution is 2.30. The monoisotopic (exact) mass is 297 g/mol. The minimum atomic E-state index is -0.134. The third kappa shape index (κ3) is 2.76. The number of rotatable bonds is 2. The van der Waals surface area contributed by atoms with E-state index >= 15 is 0 Å². The van der Waals surface area contributed by atoms with Crippen LogP contribution in [0.4, 0.5) is 11.4 Å². The number of nitrogens with zero attached hydrogens (tertiary/aromatic N) is 1. The number of anilines is 2. The number of benzene rings is 1. The Morgan fingerprint density at radius 2 is 2.10 bits per heavy atom. The smallest absolute Gasteiger partial charge is 0.265 e. The summed E-state index contributed by atoms with van der Waals surface area (Å²) in [7, 11) is 0. The third-order valence-electron chi connectivity index (χ3n) is 3.65. The van der Waals surface area contributed by atoms with Crippen LogP contribution in [-0.2, 0) is 12.8 Å². The number of hydrogen-bond donors (Lipinski definition) is 2. The second-order valence-corrected chi connectivity index (χ2v) is 6.27. The number of amides is 1. The fourth-order valence-corrected chi connectivity index (χ4v) is 3.68. The van der Waals surface area contributed by atoms with Gasteiger partial charge in [0.2, 0.25) is 0 Å². The van der Waals surface area contributed by atoms with Crippen LogP contribution in [0.3, 0.4) is 0 Å². The average Bonchev–Trinajstić information content (AvgIpc) is 2.93. The predicted octanol–water partition coefficient (Wildman–Crippen LogP) is 3.33. The molecule has 0 saturated heterocycles. The van der Waals surface area contributed by atoms with E-state index in [-0.39, 0.29) is 5.91 Å². The number of thiophene rings is 1. The lowest BCUT2D eigenvalue weighted by Crippen LogP contribution is -2.11. The summed E-state index contributed by atoms with van der Waals surface area (Å²) in [5.74, 6) is -0.134. The van der Waals surface area contributed by atoms with Crippen molar-refractivity contribution < 1.29 is 4.79 Å². The molecule has 0 bridgehead atoms. The topological polar surface area (TPSA) is 78.9 Å². The van der Waals surface area contributed by atoms with Gasteiger partial charge in [-0.2, -0.15) is 5.26 Å². The van der Waals surface area contributed by atoms with Crippen LogP contribution in [0.2, 0.25) is 0 Å². The first-order chi connectivity index (χ1) is 10.2. The highest BCUT2D eigenvalue weighted by atomic mass is 32.1. The summed E-state index contributed by atoms with van der Waals surface area (Å²) in [6, 6.07) is 8.89. The molecule has 21 heavy (non-hydrogen) atoms. The van der Waals surface area contributed by atoms with Gasteiger partial charge in [-0.05, 0) is 55.5 Å². The third-order valence-corrected chi connectivity index (χ3v) is 4.89. The number of nitrogens with two attached hydrogens (primary N) is 1. The maximum absolute atomic E-state index is 12.3. The normalized spacial score (nSPS) is 13.3. The molecular weight excluding hydrogens is 282 g/mol. The summed E-state index contributed by atoms with van der Waals surface area (Å²) < 4.78 is 0. The van der Waals surface area contributed by atoms with Gasteiger partial charge in [0.25, 0.3) is 5.91 Å². The van der Waals surface area contributed by atoms with Crippen molar-refractivity contribution in [1.82, 2.24) is 0 Å². The van der Waals surface area contributed by atoms with E-state index in [1.54, 1.807) is 29.5 Å². The van der Waals surface area contributed by atoms with Gasteiger partial charge in [-0.1, -0.05) is 0 Å². The molecule has 0 spiro atoms.